The van der Waals surface area contributed by atoms with E-state index in [1.807, 2.05) is 19.1 Å². The van der Waals surface area contributed by atoms with Gasteiger partial charge in [-0.1, -0.05) is 6.07 Å². The Balaban J connectivity index is 1.49. The summed E-state index contributed by atoms with van der Waals surface area (Å²) in [7, 11) is 0. The molecule has 3 aromatic rings. The minimum atomic E-state index is -0.430. The molecule has 1 aliphatic heterocycles. The summed E-state index contributed by atoms with van der Waals surface area (Å²) in [5, 5.41) is 19.8. The number of thiazole rings is 1. The van der Waals surface area contributed by atoms with Gasteiger partial charge in [0.15, 0.2) is 4.34 Å². The standard InChI is InChI=1S/C18H17N5O2S2/c1-10-2-3-13(16-15(10)11(6-19)7-20-16)22-27-18-21-8-14(26-18)17(25)23-5-4-12(24)9-23/h2-3,7-8,12,20,22,24H,4-5,9H2,1H3. The Hall–Kier alpha value is -2.54. The van der Waals surface area contributed by atoms with Gasteiger partial charge in [0.25, 0.3) is 5.91 Å². The highest BCUT2D eigenvalue weighted by molar-refractivity contribution is 8.02. The predicted octanol–water partition coefficient (Wildman–Crippen LogP) is 3.13. The van der Waals surface area contributed by atoms with Gasteiger partial charge in [-0.05, 0) is 25.0 Å². The first kappa shape index (κ1) is 17.9. The molecule has 3 N–H and O–H groups in total. The number of H-pyrrole nitrogens is 1. The van der Waals surface area contributed by atoms with Crippen molar-refractivity contribution in [1.29, 1.82) is 5.26 Å². The number of aromatic amines is 1. The van der Waals surface area contributed by atoms with E-state index in [4.69, 9.17) is 0 Å². The fraction of sp³-hybridized carbons (Fsp3) is 0.278. The Morgan fingerprint density at radius 2 is 2.41 bits per heavy atom. The molecule has 9 heteroatoms. The second-order valence-electron chi connectivity index (χ2n) is 6.38. The second-order valence-corrected chi connectivity index (χ2v) is 8.47. The minimum Gasteiger partial charge on any atom is -0.391 e. The summed E-state index contributed by atoms with van der Waals surface area (Å²) >= 11 is 2.65. The van der Waals surface area contributed by atoms with Crippen LogP contribution in [0.4, 0.5) is 5.69 Å². The summed E-state index contributed by atoms with van der Waals surface area (Å²) in [6, 6.07) is 6.12. The van der Waals surface area contributed by atoms with Crippen LogP contribution in [0.3, 0.4) is 0 Å². The molecule has 1 unspecified atom stereocenters. The molecule has 0 spiro atoms. The highest BCUT2D eigenvalue weighted by atomic mass is 32.2. The molecule has 1 fully saturated rings. The van der Waals surface area contributed by atoms with Crippen LogP contribution in [0.1, 0.15) is 27.2 Å². The summed E-state index contributed by atoms with van der Waals surface area (Å²) in [5.74, 6) is -0.0864. The number of aliphatic hydroxyl groups is 1. The molecule has 3 heterocycles. The van der Waals surface area contributed by atoms with Crippen LogP contribution in [0.25, 0.3) is 10.9 Å². The van der Waals surface area contributed by atoms with Gasteiger partial charge in [-0.2, -0.15) is 5.26 Å². The lowest BCUT2D eigenvalue weighted by Crippen LogP contribution is -2.28. The van der Waals surface area contributed by atoms with Crippen LogP contribution in [-0.2, 0) is 0 Å². The maximum Gasteiger partial charge on any atom is 0.265 e. The molecule has 2 aromatic heterocycles. The van der Waals surface area contributed by atoms with E-state index in [0.29, 0.717) is 30.0 Å². The number of nitrogens with one attached hydrogen (secondary N) is 2. The molecular formula is C18H17N5O2S2. The molecule has 7 nitrogen and oxygen atoms in total. The lowest BCUT2D eigenvalue weighted by molar-refractivity contribution is 0.0769. The number of nitrogens with zero attached hydrogens (tertiary/aromatic N) is 3. The van der Waals surface area contributed by atoms with Gasteiger partial charge >= 0.3 is 0 Å². The lowest BCUT2D eigenvalue weighted by atomic mass is 10.1. The van der Waals surface area contributed by atoms with Crippen LogP contribution in [0, 0.1) is 18.3 Å². The van der Waals surface area contributed by atoms with Crippen molar-refractivity contribution >= 4 is 45.8 Å². The Morgan fingerprint density at radius 3 is 3.15 bits per heavy atom. The SMILES string of the molecule is Cc1ccc(NSc2ncc(C(=O)N3CCC(O)C3)s2)c2[nH]cc(C#N)c12. The molecule has 1 aliphatic rings. The number of carbonyl (C=O) groups is 1. The van der Waals surface area contributed by atoms with Crippen molar-refractivity contribution in [3.05, 3.63) is 40.5 Å². The zero-order valence-corrected chi connectivity index (χ0v) is 16.2. The van der Waals surface area contributed by atoms with Crippen molar-refractivity contribution in [3.8, 4) is 6.07 Å². The maximum atomic E-state index is 12.4. The maximum absolute atomic E-state index is 12.4. The number of aryl methyl sites for hydroxylation is 1. The fourth-order valence-corrected chi connectivity index (χ4v) is 4.83. The van der Waals surface area contributed by atoms with Crippen molar-refractivity contribution in [2.24, 2.45) is 0 Å². The van der Waals surface area contributed by atoms with Gasteiger partial charge in [0, 0.05) is 36.6 Å². The van der Waals surface area contributed by atoms with E-state index in [-0.39, 0.29) is 5.91 Å². The lowest BCUT2D eigenvalue weighted by Gasteiger charge is -2.13. The summed E-state index contributed by atoms with van der Waals surface area (Å²) in [5.41, 5.74) is 3.38. The number of fused-ring (bicyclic) bond motifs is 1. The second kappa shape index (κ2) is 7.23. The summed E-state index contributed by atoms with van der Waals surface area (Å²) in [6.07, 6.45) is 3.48. The number of amides is 1. The minimum absolute atomic E-state index is 0.0864. The molecule has 1 atom stereocenters. The largest absolute Gasteiger partial charge is 0.391 e. The number of anilines is 1. The van der Waals surface area contributed by atoms with Gasteiger partial charge < -0.3 is 19.7 Å². The number of hydrogen-bond acceptors (Lipinski definition) is 7. The number of hydrogen-bond donors (Lipinski definition) is 3. The van der Waals surface area contributed by atoms with E-state index in [1.165, 1.54) is 23.3 Å². The van der Waals surface area contributed by atoms with Crippen LogP contribution >= 0.6 is 23.3 Å². The molecule has 4 rings (SSSR count). The van der Waals surface area contributed by atoms with Crippen molar-refractivity contribution in [1.82, 2.24) is 14.9 Å². The van der Waals surface area contributed by atoms with Crippen molar-refractivity contribution in [3.63, 3.8) is 0 Å². The van der Waals surface area contributed by atoms with E-state index in [9.17, 15) is 15.2 Å². The number of carbonyl (C=O) groups excluding carboxylic acids is 1. The molecular weight excluding hydrogens is 382 g/mol. The molecule has 1 amide bonds. The number of likely N-dealkylation sites (tertiary alicyclic amines) is 1. The number of benzene rings is 1. The normalized spacial score (nSPS) is 16.6. The Kier molecular flexibility index (Phi) is 4.78. The quantitative estimate of drug-likeness (QED) is 0.582. The van der Waals surface area contributed by atoms with Gasteiger partial charge in [0.05, 0.1) is 29.1 Å². The average Bonchev–Trinajstić information content (AvgIpc) is 3.40. The molecule has 0 bridgehead atoms. The zero-order chi connectivity index (χ0) is 19.0. The van der Waals surface area contributed by atoms with E-state index in [1.54, 1.807) is 17.3 Å². The van der Waals surface area contributed by atoms with E-state index in [0.717, 1.165) is 26.5 Å². The fourth-order valence-electron chi connectivity index (χ4n) is 3.18. The van der Waals surface area contributed by atoms with Gasteiger partial charge in [-0.3, -0.25) is 4.79 Å². The van der Waals surface area contributed by atoms with Crippen LogP contribution < -0.4 is 4.72 Å². The van der Waals surface area contributed by atoms with E-state index >= 15 is 0 Å². The van der Waals surface area contributed by atoms with Gasteiger partial charge in [0.2, 0.25) is 0 Å². The molecule has 27 heavy (non-hydrogen) atoms. The van der Waals surface area contributed by atoms with Crippen LogP contribution in [0.15, 0.2) is 28.9 Å². The van der Waals surface area contributed by atoms with Crippen LogP contribution in [0.5, 0.6) is 0 Å². The molecule has 138 valence electrons. The number of aromatic nitrogens is 2. The third-order valence-corrected chi connectivity index (χ3v) is 6.44. The molecule has 0 aliphatic carbocycles. The number of aliphatic hydroxyl groups excluding tert-OH is 1. The highest BCUT2D eigenvalue weighted by Gasteiger charge is 2.26. The first-order chi connectivity index (χ1) is 13.1. The van der Waals surface area contributed by atoms with Gasteiger partial charge in [0.1, 0.15) is 10.9 Å². The Bertz CT molecular complexity index is 1050. The number of rotatable bonds is 4. The first-order valence-electron chi connectivity index (χ1n) is 8.43. The van der Waals surface area contributed by atoms with Crippen molar-refractivity contribution in [2.45, 2.75) is 23.8 Å². The highest BCUT2D eigenvalue weighted by Crippen LogP contribution is 2.33. The van der Waals surface area contributed by atoms with Gasteiger partial charge in [-0.15, -0.1) is 11.3 Å². The topological polar surface area (TPSA) is 105 Å². The smallest absolute Gasteiger partial charge is 0.265 e. The van der Waals surface area contributed by atoms with Crippen LogP contribution in [-0.4, -0.2) is 45.1 Å². The Morgan fingerprint density at radius 1 is 1.56 bits per heavy atom. The average molecular weight is 400 g/mol. The molecule has 1 saturated heterocycles. The van der Waals surface area contributed by atoms with E-state index in [2.05, 4.69) is 20.8 Å². The van der Waals surface area contributed by atoms with E-state index < -0.39 is 6.10 Å². The molecule has 0 saturated carbocycles. The summed E-state index contributed by atoms with van der Waals surface area (Å²) in [4.78, 5) is 22.1. The number of nitriles is 1. The van der Waals surface area contributed by atoms with Gasteiger partial charge in [-0.25, -0.2) is 4.98 Å². The predicted molar refractivity (Wildman–Crippen MR) is 106 cm³/mol. The summed E-state index contributed by atoms with van der Waals surface area (Å²) in [6.45, 7) is 2.93. The molecule has 0 radical (unpaired) electrons. The molecule has 1 aromatic carbocycles. The third-order valence-electron chi connectivity index (χ3n) is 4.56. The number of β-amino-alcohol motifs (C(OH)–C–C–N with tert-alkyl or cyclic N) is 1. The van der Waals surface area contributed by atoms with Crippen molar-refractivity contribution < 1.29 is 9.90 Å². The van der Waals surface area contributed by atoms with Crippen molar-refractivity contribution in [2.75, 3.05) is 17.8 Å². The Labute approximate surface area is 164 Å². The third kappa shape index (κ3) is 3.39. The van der Waals surface area contributed by atoms with Crippen LogP contribution in [0.2, 0.25) is 0 Å². The first-order valence-corrected chi connectivity index (χ1v) is 10.1. The zero-order valence-electron chi connectivity index (χ0n) is 14.5. The summed E-state index contributed by atoms with van der Waals surface area (Å²) < 4.78 is 3.98. The monoisotopic (exact) mass is 399 g/mol.